The molecule has 34 heavy (non-hydrogen) atoms. The lowest BCUT2D eigenvalue weighted by molar-refractivity contribution is 0.0162. The molecular weight excluding hydrogens is 457 g/mol. The zero-order valence-corrected chi connectivity index (χ0v) is 20.3. The molecule has 4 rings (SSSR count). The second kappa shape index (κ2) is 10.9. The fourth-order valence-electron chi connectivity index (χ4n) is 4.69. The van der Waals surface area contributed by atoms with E-state index in [4.69, 9.17) is 4.74 Å². The van der Waals surface area contributed by atoms with Gasteiger partial charge in [-0.25, -0.2) is 12.8 Å². The predicted octanol–water partition coefficient (Wildman–Crippen LogP) is 3.19. The van der Waals surface area contributed by atoms with Gasteiger partial charge in [-0.05, 0) is 61.7 Å². The lowest BCUT2D eigenvalue weighted by atomic mass is 10.0. The summed E-state index contributed by atoms with van der Waals surface area (Å²) in [6, 6.07) is 12.3. The van der Waals surface area contributed by atoms with Gasteiger partial charge < -0.3 is 10.1 Å². The van der Waals surface area contributed by atoms with Crippen LogP contribution in [0.5, 0.6) is 0 Å². The molecule has 0 radical (unpaired) electrons. The molecule has 0 bridgehead atoms. The summed E-state index contributed by atoms with van der Waals surface area (Å²) in [5, 5.41) is 2.94. The molecule has 2 atom stereocenters. The normalized spacial score (nSPS) is 21.2. The van der Waals surface area contributed by atoms with Crippen molar-refractivity contribution in [2.45, 2.75) is 43.2 Å². The van der Waals surface area contributed by atoms with Crippen LogP contribution < -0.4 is 5.32 Å². The van der Waals surface area contributed by atoms with Crippen molar-refractivity contribution in [1.29, 1.82) is 0 Å². The molecule has 1 N–H and O–H groups in total. The number of halogens is 1. The Kier molecular flexibility index (Phi) is 7.98. The van der Waals surface area contributed by atoms with Gasteiger partial charge in [-0.3, -0.25) is 9.69 Å². The zero-order chi connectivity index (χ0) is 24.1. The zero-order valence-electron chi connectivity index (χ0n) is 19.5. The van der Waals surface area contributed by atoms with Crippen LogP contribution in [0.25, 0.3) is 0 Å². The number of hydrogen-bond acceptors (Lipinski definition) is 5. The van der Waals surface area contributed by atoms with Gasteiger partial charge in [-0.15, -0.1) is 0 Å². The van der Waals surface area contributed by atoms with Crippen molar-refractivity contribution in [3.05, 3.63) is 65.5 Å². The van der Waals surface area contributed by atoms with Gasteiger partial charge in [-0.2, -0.15) is 4.31 Å². The number of rotatable bonds is 7. The SMILES string of the molecule is CC1CCCCN1S(=O)(=O)c1ccc(C(=O)NCC(c2cccc(F)c2)N2CCOCC2)cc1. The van der Waals surface area contributed by atoms with Gasteiger partial charge in [0, 0.05) is 37.8 Å². The van der Waals surface area contributed by atoms with Crippen molar-refractivity contribution in [2.24, 2.45) is 0 Å². The van der Waals surface area contributed by atoms with E-state index < -0.39 is 10.0 Å². The van der Waals surface area contributed by atoms with Crippen LogP contribution in [-0.4, -0.2) is 69.0 Å². The molecule has 2 aliphatic rings. The highest BCUT2D eigenvalue weighted by molar-refractivity contribution is 7.89. The molecule has 184 valence electrons. The van der Waals surface area contributed by atoms with Crippen molar-refractivity contribution in [3.8, 4) is 0 Å². The minimum atomic E-state index is -3.59. The molecular formula is C25H32FN3O4S. The van der Waals surface area contributed by atoms with Crippen LogP contribution in [0.4, 0.5) is 4.39 Å². The minimum Gasteiger partial charge on any atom is -0.379 e. The summed E-state index contributed by atoms with van der Waals surface area (Å²) in [6.07, 6.45) is 2.75. The maximum Gasteiger partial charge on any atom is 0.251 e. The Labute approximate surface area is 200 Å². The number of sulfonamides is 1. The van der Waals surface area contributed by atoms with Gasteiger partial charge in [-0.1, -0.05) is 18.6 Å². The van der Waals surface area contributed by atoms with E-state index in [1.54, 1.807) is 22.5 Å². The van der Waals surface area contributed by atoms with E-state index in [-0.39, 0.29) is 28.7 Å². The third kappa shape index (κ3) is 5.66. The van der Waals surface area contributed by atoms with E-state index in [0.717, 1.165) is 24.8 Å². The summed E-state index contributed by atoms with van der Waals surface area (Å²) in [5.74, 6) is -0.619. The molecule has 0 saturated carbocycles. The van der Waals surface area contributed by atoms with Gasteiger partial charge >= 0.3 is 0 Å². The summed E-state index contributed by atoms with van der Waals surface area (Å²) in [5.41, 5.74) is 1.17. The standard InChI is InChI=1S/C25H32FN3O4S/c1-19-5-2-3-12-29(19)34(31,32)23-10-8-20(9-11-23)25(30)27-18-24(28-13-15-33-16-14-28)21-6-4-7-22(26)17-21/h4,6-11,17,19,24H,2-3,5,12-16,18H2,1H3,(H,27,30). The van der Waals surface area contributed by atoms with Crippen molar-refractivity contribution >= 4 is 15.9 Å². The number of carbonyl (C=O) groups is 1. The molecule has 0 aromatic heterocycles. The summed E-state index contributed by atoms with van der Waals surface area (Å²) in [4.78, 5) is 15.2. The van der Waals surface area contributed by atoms with Crippen molar-refractivity contribution in [1.82, 2.24) is 14.5 Å². The summed E-state index contributed by atoms with van der Waals surface area (Å²) in [6.45, 7) is 5.32. The number of hydrogen-bond donors (Lipinski definition) is 1. The molecule has 2 aromatic carbocycles. The van der Waals surface area contributed by atoms with Crippen LogP contribution >= 0.6 is 0 Å². The number of benzene rings is 2. The number of morpholine rings is 1. The average molecular weight is 490 g/mol. The second-order valence-electron chi connectivity index (χ2n) is 8.91. The van der Waals surface area contributed by atoms with Gasteiger partial charge in [0.05, 0.1) is 24.2 Å². The van der Waals surface area contributed by atoms with E-state index in [1.165, 1.54) is 24.3 Å². The third-order valence-electron chi connectivity index (χ3n) is 6.64. The average Bonchev–Trinajstić information content (AvgIpc) is 2.85. The lowest BCUT2D eigenvalue weighted by Gasteiger charge is -2.35. The van der Waals surface area contributed by atoms with Crippen LogP contribution in [0.3, 0.4) is 0 Å². The number of amides is 1. The quantitative estimate of drug-likeness (QED) is 0.646. The van der Waals surface area contributed by atoms with E-state index in [0.29, 0.717) is 45.0 Å². The molecule has 0 aliphatic carbocycles. The highest BCUT2D eigenvalue weighted by Crippen LogP contribution is 2.26. The van der Waals surface area contributed by atoms with E-state index in [1.807, 2.05) is 13.0 Å². The topological polar surface area (TPSA) is 79.0 Å². The van der Waals surface area contributed by atoms with Gasteiger partial charge in [0.1, 0.15) is 5.82 Å². The first-order chi connectivity index (χ1) is 16.4. The van der Waals surface area contributed by atoms with Crippen molar-refractivity contribution in [2.75, 3.05) is 39.4 Å². The Morgan fingerprint density at radius 3 is 2.53 bits per heavy atom. The Balaban J connectivity index is 1.45. The molecule has 2 saturated heterocycles. The smallest absolute Gasteiger partial charge is 0.251 e. The van der Waals surface area contributed by atoms with E-state index in [9.17, 15) is 17.6 Å². The monoisotopic (exact) mass is 489 g/mol. The molecule has 9 heteroatoms. The molecule has 7 nitrogen and oxygen atoms in total. The number of nitrogens with one attached hydrogen (secondary N) is 1. The van der Waals surface area contributed by atoms with Crippen molar-refractivity contribution < 1.29 is 22.3 Å². The summed E-state index contributed by atoms with van der Waals surface area (Å²) >= 11 is 0. The number of carbonyl (C=O) groups excluding carboxylic acids is 1. The number of piperidine rings is 1. The van der Waals surface area contributed by atoms with Gasteiger partial charge in [0.15, 0.2) is 0 Å². The van der Waals surface area contributed by atoms with Crippen LogP contribution in [-0.2, 0) is 14.8 Å². The lowest BCUT2D eigenvalue weighted by Crippen LogP contribution is -2.43. The highest BCUT2D eigenvalue weighted by Gasteiger charge is 2.31. The largest absolute Gasteiger partial charge is 0.379 e. The first-order valence-corrected chi connectivity index (χ1v) is 13.3. The van der Waals surface area contributed by atoms with Gasteiger partial charge in [0.25, 0.3) is 5.91 Å². The molecule has 2 aromatic rings. The Morgan fingerprint density at radius 1 is 1.12 bits per heavy atom. The number of nitrogens with zero attached hydrogens (tertiary/aromatic N) is 2. The molecule has 1 amide bonds. The Hall–Kier alpha value is -2.33. The third-order valence-corrected chi connectivity index (χ3v) is 8.67. The first kappa shape index (κ1) is 24.8. The Bertz CT molecular complexity index is 1090. The van der Waals surface area contributed by atoms with Crippen LogP contribution in [0, 0.1) is 5.82 Å². The predicted molar refractivity (Wildman–Crippen MR) is 128 cm³/mol. The highest BCUT2D eigenvalue weighted by atomic mass is 32.2. The van der Waals surface area contributed by atoms with Gasteiger partial charge in [0.2, 0.25) is 10.0 Å². The van der Waals surface area contributed by atoms with Crippen LogP contribution in [0.2, 0.25) is 0 Å². The number of ether oxygens (including phenoxy) is 1. The fourth-order valence-corrected chi connectivity index (χ4v) is 6.39. The van der Waals surface area contributed by atoms with Crippen LogP contribution in [0.15, 0.2) is 53.4 Å². The molecule has 0 spiro atoms. The summed E-state index contributed by atoms with van der Waals surface area (Å²) in [7, 11) is -3.59. The Morgan fingerprint density at radius 2 is 1.85 bits per heavy atom. The molecule has 2 unspecified atom stereocenters. The van der Waals surface area contributed by atoms with Crippen molar-refractivity contribution in [3.63, 3.8) is 0 Å². The van der Waals surface area contributed by atoms with E-state index >= 15 is 0 Å². The fraction of sp³-hybridized carbons (Fsp3) is 0.480. The molecule has 2 fully saturated rings. The van der Waals surface area contributed by atoms with E-state index in [2.05, 4.69) is 10.2 Å². The molecule has 2 aliphatic heterocycles. The minimum absolute atomic E-state index is 0.0262. The maximum absolute atomic E-state index is 13.9. The second-order valence-corrected chi connectivity index (χ2v) is 10.8. The maximum atomic E-state index is 13.9. The first-order valence-electron chi connectivity index (χ1n) is 11.8. The summed E-state index contributed by atoms with van der Waals surface area (Å²) < 4.78 is 46.9. The van der Waals surface area contributed by atoms with Crippen LogP contribution in [0.1, 0.15) is 48.1 Å². The molecule has 2 heterocycles.